The molecule has 0 N–H and O–H groups in total. The van der Waals surface area contributed by atoms with E-state index in [4.69, 9.17) is 0 Å². The van der Waals surface area contributed by atoms with Crippen molar-refractivity contribution in [1.29, 1.82) is 0 Å². The maximum absolute atomic E-state index is 12.8. The zero-order chi connectivity index (χ0) is 33.3. The van der Waals surface area contributed by atoms with Gasteiger partial charge in [0, 0.05) is 0 Å². The number of aryl methyl sites for hydroxylation is 1. The van der Waals surface area contributed by atoms with Crippen LogP contribution in [0.5, 0.6) is 5.75 Å². The summed E-state index contributed by atoms with van der Waals surface area (Å²) in [5.41, 5.74) is -5.40. The van der Waals surface area contributed by atoms with Crippen LogP contribution in [0.2, 0.25) is 0 Å². The number of rotatable bonds is 5. The number of halogens is 6. The summed E-state index contributed by atoms with van der Waals surface area (Å²) in [5.74, 6) is -0.775. The molecule has 4 rings (SSSR count). The predicted octanol–water partition coefficient (Wildman–Crippen LogP) is 7.78. The van der Waals surface area contributed by atoms with Crippen molar-refractivity contribution in [2.24, 2.45) is 5.92 Å². The monoisotopic (exact) mass is 647 g/mol. The molecule has 0 unspecified atom stereocenters. The minimum Gasteiger partial charge on any atom is -0.447 e. The van der Waals surface area contributed by atoms with Gasteiger partial charge in [-0.15, -0.1) is 0 Å². The second-order valence-electron chi connectivity index (χ2n) is 10.1. The zero-order valence-corrected chi connectivity index (χ0v) is 25.0. The quantitative estimate of drug-likeness (QED) is 0.160. The van der Waals surface area contributed by atoms with E-state index < -0.39 is 51.5 Å². The van der Waals surface area contributed by atoms with E-state index in [1.165, 1.54) is 11.6 Å². The number of alkyl halides is 6. The molecule has 44 heavy (non-hydrogen) atoms. The Bertz CT molecular complexity index is 1500. The molecule has 1 heterocycles. The molecular weight excluding hydrogens is 616 g/mol. The Labute approximate surface area is 251 Å². The van der Waals surface area contributed by atoms with Crippen molar-refractivity contribution in [3.63, 3.8) is 0 Å². The maximum Gasteiger partial charge on any atom is 0.534 e. The molecule has 0 saturated carbocycles. The number of carbonyl (C=O) groups is 2. The highest BCUT2D eigenvalue weighted by Gasteiger charge is 2.48. The Morgan fingerprint density at radius 3 is 1.91 bits per heavy atom. The van der Waals surface area contributed by atoms with E-state index in [9.17, 15) is 44.3 Å². The fourth-order valence-electron chi connectivity index (χ4n) is 3.43. The smallest absolute Gasteiger partial charge is 0.447 e. The van der Waals surface area contributed by atoms with Crippen LogP contribution in [0.15, 0.2) is 72.8 Å². The average Bonchev–Trinajstić information content (AvgIpc) is 3.34. The zero-order valence-electron chi connectivity index (χ0n) is 24.2. The number of carbonyl (C=O) groups excluding carboxylic acids is 2. The number of hydrogen-bond donors (Lipinski definition) is 0. The molecule has 1 saturated heterocycles. The number of nitrogens with zero attached hydrogens (tertiary/aromatic N) is 1. The van der Waals surface area contributed by atoms with Crippen LogP contribution < -0.4 is 4.18 Å². The second kappa shape index (κ2) is 15.1. The van der Waals surface area contributed by atoms with Crippen molar-refractivity contribution in [2.75, 3.05) is 13.2 Å². The first-order valence-electron chi connectivity index (χ1n) is 13.1. The number of imide groups is 1. The molecule has 0 aromatic heterocycles. The van der Waals surface area contributed by atoms with Gasteiger partial charge in [0.25, 0.3) is 0 Å². The highest BCUT2D eigenvalue weighted by molar-refractivity contribution is 7.88. The summed E-state index contributed by atoms with van der Waals surface area (Å²) in [6.07, 6.45) is -6.10. The first-order chi connectivity index (χ1) is 20.3. The van der Waals surface area contributed by atoms with E-state index in [0.717, 1.165) is 47.2 Å². The lowest BCUT2D eigenvalue weighted by atomic mass is 9.99. The SMILES string of the molecule is CC(C)C.Cc1ccccc1.O=C(Cc1cc(OS(=O)(=O)C(F)(F)F)cc(-c2ccc(C(F)(F)F)cc2)c1)N1CCOC1=O. The van der Waals surface area contributed by atoms with E-state index in [1.807, 2.05) is 18.2 Å². The van der Waals surface area contributed by atoms with E-state index in [0.29, 0.717) is 0 Å². The van der Waals surface area contributed by atoms with Crippen molar-refractivity contribution in [3.8, 4) is 16.9 Å². The van der Waals surface area contributed by atoms with Gasteiger partial charge < -0.3 is 8.92 Å². The standard InChI is InChI=1S/C19H13F6NO6S.C7H8.C4H10/c20-18(21,22)14-3-1-12(2-4-14)13-7-11(9-16(27)26-5-6-31-17(26)28)8-15(10-13)32-33(29,30)19(23,24)25;1-7-5-3-2-4-6-7;1-4(2)3/h1-4,7-8,10H,5-6,9H2;2-6H,1H3;4H,1-3H3. The van der Waals surface area contributed by atoms with Crippen molar-refractivity contribution in [3.05, 3.63) is 89.5 Å². The van der Waals surface area contributed by atoms with Crippen LogP contribution in [-0.2, 0) is 32.2 Å². The highest BCUT2D eigenvalue weighted by Crippen LogP contribution is 2.34. The summed E-state index contributed by atoms with van der Waals surface area (Å²) in [4.78, 5) is 24.6. The molecule has 7 nitrogen and oxygen atoms in total. The Kier molecular flexibility index (Phi) is 12.4. The van der Waals surface area contributed by atoms with E-state index >= 15 is 0 Å². The molecule has 0 bridgehead atoms. The van der Waals surface area contributed by atoms with E-state index in [1.54, 1.807) is 0 Å². The molecule has 240 valence electrons. The second-order valence-corrected chi connectivity index (χ2v) is 11.7. The first-order valence-corrected chi connectivity index (χ1v) is 14.5. The van der Waals surface area contributed by atoms with Gasteiger partial charge in [-0.3, -0.25) is 4.79 Å². The van der Waals surface area contributed by atoms with Crippen molar-refractivity contribution in [1.82, 2.24) is 4.90 Å². The molecule has 3 aromatic rings. The van der Waals surface area contributed by atoms with Gasteiger partial charge in [-0.1, -0.05) is 74.9 Å². The Morgan fingerprint density at radius 2 is 1.48 bits per heavy atom. The first kappa shape index (κ1) is 36.1. The summed E-state index contributed by atoms with van der Waals surface area (Å²) < 4.78 is 108. The third-order valence-corrected chi connectivity index (χ3v) is 6.34. The van der Waals surface area contributed by atoms with Crippen molar-refractivity contribution < 1.29 is 53.3 Å². The Hall–Kier alpha value is -4.07. The van der Waals surface area contributed by atoms with Crippen LogP contribution in [0.25, 0.3) is 11.1 Å². The summed E-state index contributed by atoms with van der Waals surface area (Å²) in [7, 11) is -6.06. The van der Waals surface area contributed by atoms with Crippen LogP contribution in [0, 0.1) is 12.8 Å². The lowest BCUT2D eigenvalue weighted by molar-refractivity contribution is -0.137. The summed E-state index contributed by atoms with van der Waals surface area (Å²) in [6, 6.07) is 16.7. The normalized spacial score (nSPS) is 13.3. The maximum atomic E-state index is 12.8. The number of amides is 2. The fraction of sp³-hybridized carbons (Fsp3) is 0.333. The third kappa shape index (κ3) is 11.2. The minimum atomic E-state index is -6.06. The van der Waals surface area contributed by atoms with Crippen LogP contribution >= 0.6 is 0 Å². The molecule has 1 fully saturated rings. The number of benzene rings is 3. The van der Waals surface area contributed by atoms with Gasteiger partial charge in [0.2, 0.25) is 5.91 Å². The van der Waals surface area contributed by atoms with E-state index in [2.05, 4.69) is 48.7 Å². The molecule has 1 aliphatic heterocycles. The molecule has 0 atom stereocenters. The largest absolute Gasteiger partial charge is 0.534 e. The van der Waals surface area contributed by atoms with Crippen molar-refractivity contribution >= 4 is 22.1 Å². The third-order valence-electron chi connectivity index (χ3n) is 5.36. The average molecular weight is 648 g/mol. The van der Waals surface area contributed by atoms with Crippen molar-refractivity contribution in [2.45, 2.75) is 45.8 Å². The molecule has 0 aliphatic carbocycles. The summed E-state index contributed by atoms with van der Waals surface area (Å²) in [6.45, 7) is 8.48. The van der Waals surface area contributed by atoms with Gasteiger partial charge in [-0.25, -0.2) is 9.69 Å². The molecule has 3 aromatic carbocycles. The predicted molar refractivity (Wildman–Crippen MR) is 151 cm³/mol. The lowest BCUT2D eigenvalue weighted by Crippen LogP contribution is -2.32. The van der Waals surface area contributed by atoms with Crippen LogP contribution in [0.1, 0.15) is 37.5 Å². The molecule has 14 heteroatoms. The molecule has 0 spiro atoms. The molecule has 2 amide bonds. The number of cyclic esters (lactones) is 1. The van der Waals surface area contributed by atoms with Gasteiger partial charge in [0.1, 0.15) is 12.4 Å². The highest BCUT2D eigenvalue weighted by atomic mass is 32.2. The van der Waals surface area contributed by atoms with Gasteiger partial charge in [0.15, 0.2) is 0 Å². The van der Waals surface area contributed by atoms with E-state index in [-0.39, 0.29) is 29.8 Å². The van der Waals surface area contributed by atoms with Crippen LogP contribution in [-0.4, -0.2) is 44.0 Å². The topological polar surface area (TPSA) is 90.0 Å². The summed E-state index contributed by atoms with van der Waals surface area (Å²) in [5, 5.41) is 0. The Morgan fingerprint density at radius 1 is 0.909 bits per heavy atom. The lowest BCUT2D eigenvalue weighted by Gasteiger charge is -2.15. The van der Waals surface area contributed by atoms with Crippen LogP contribution in [0.4, 0.5) is 31.1 Å². The fourth-order valence-corrected chi connectivity index (χ4v) is 3.87. The van der Waals surface area contributed by atoms with Gasteiger partial charge >= 0.3 is 27.9 Å². The summed E-state index contributed by atoms with van der Waals surface area (Å²) >= 11 is 0. The number of ether oxygens (including phenoxy) is 1. The minimum absolute atomic E-state index is 0.0228. The van der Waals surface area contributed by atoms with Gasteiger partial charge in [0.05, 0.1) is 18.5 Å². The number of hydrogen-bond acceptors (Lipinski definition) is 6. The molecule has 1 aliphatic rings. The molecule has 0 radical (unpaired) electrons. The van der Waals surface area contributed by atoms with Gasteiger partial charge in [-0.2, -0.15) is 34.8 Å². The molecular formula is C30H31F6NO6S. The van der Waals surface area contributed by atoms with Crippen LogP contribution in [0.3, 0.4) is 0 Å². The Balaban J connectivity index is 0.000000517. The van der Waals surface area contributed by atoms with Gasteiger partial charge in [-0.05, 0) is 53.8 Å².